The van der Waals surface area contributed by atoms with Crippen molar-refractivity contribution < 1.29 is 19.1 Å². The fraction of sp³-hybridized carbons (Fsp3) is 0.962. The zero-order chi connectivity index (χ0) is 41.2. The molecular weight excluding hydrogens is 689 g/mol. The molecule has 0 spiro atoms. The van der Waals surface area contributed by atoms with Gasteiger partial charge in [0, 0.05) is 0 Å². The number of hydrogen-bond acceptors (Lipinski definition) is 4. The lowest BCUT2D eigenvalue weighted by atomic mass is 9.83. The second-order valence-electron chi connectivity index (χ2n) is 18.8. The van der Waals surface area contributed by atoms with Gasteiger partial charge < -0.3 is 9.47 Å². The predicted molar refractivity (Wildman–Crippen MR) is 245 cm³/mol. The smallest absolute Gasteiger partial charge is 0.309 e. The molecule has 4 nitrogen and oxygen atoms in total. The summed E-state index contributed by atoms with van der Waals surface area (Å²) in [5, 5.41) is 0. The van der Waals surface area contributed by atoms with Gasteiger partial charge in [-0.05, 0) is 37.5 Å². The summed E-state index contributed by atoms with van der Waals surface area (Å²) < 4.78 is 12.0. The van der Waals surface area contributed by atoms with Crippen molar-refractivity contribution in [3.05, 3.63) is 0 Å². The van der Waals surface area contributed by atoms with Crippen LogP contribution in [0.3, 0.4) is 0 Å². The summed E-state index contributed by atoms with van der Waals surface area (Å²) in [5.74, 6) is 0.456. The molecule has 4 heteroatoms. The normalized spacial score (nSPS) is 12.8. The van der Waals surface area contributed by atoms with Gasteiger partial charge in [-0.25, -0.2) is 0 Å². The Hall–Kier alpha value is -1.06. The minimum absolute atomic E-state index is 0.142. The number of carbonyl (C=O) groups excluding carboxylic acids is 2. The van der Waals surface area contributed by atoms with Crippen LogP contribution in [0.2, 0.25) is 0 Å². The average molecular weight is 791 g/mol. The van der Waals surface area contributed by atoms with Crippen LogP contribution in [0.25, 0.3) is 0 Å². The molecule has 0 heterocycles. The fourth-order valence-electron chi connectivity index (χ4n) is 8.31. The van der Waals surface area contributed by atoms with E-state index < -0.39 is 0 Å². The first-order valence-corrected chi connectivity index (χ1v) is 25.7. The average Bonchev–Trinajstić information content (AvgIpc) is 3.17. The molecular formula is C52H102O4. The van der Waals surface area contributed by atoms with Crippen LogP contribution >= 0.6 is 0 Å². The Morgan fingerprint density at radius 2 is 0.518 bits per heavy atom. The highest BCUT2D eigenvalue weighted by molar-refractivity contribution is 5.82. The van der Waals surface area contributed by atoms with Crippen LogP contribution in [0.4, 0.5) is 0 Å². The van der Waals surface area contributed by atoms with Gasteiger partial charge in [0.2, 0.25) is 0 Å². The van der Waals surface area contributed by atoms with E-state index in [4.69, 9.17) is 9.47 Å². The Labute approximate surface area is 352 Å². The van der Waals surface area contributed by atoms with Gasteiger partial charge in [-0.1, -0.05) is 260 Å². The van der Waals surface area contributed by atoms with E-state index in [2.05, 4.69) is 41.5 Å². The van der Waals surface area contributed by atoms with Crippen molar-refractivity contribution in [2.45, 2.75) is 286 Å². The van der Waals surface area contributed by atoms with E-state index >= 15 is 0 Å². The van der Waals surface area contributed by atoms with Gasteiger partial charge in [0.25, 0.3) is 0 Å². The Morgan fingerprint density at radius 1 is 0.304 bits per heavy atom. The lowest BCUT2D eigenvalue weighted by Crippen LogP contribution is -2.33. The SMILES string of the molecule is CCCCCCCCCCCCCCCCC(C(=O)OCCCCCCC(C)C)C(CCCCCCCCCCCCCC)C(=O)OCCCCCCC(C)C. The van der Waals surface area contributed by atoms with E-state index in [1.807, 2.05) is 0 Å². The molecule has 2 atom stereocenters. The number of carbonyl (C=O) groups is 2. The van der Waals surface area contributed by atoms with Crippen LogP contribution in [0.1, 0.15) is 286 Å². The van der Waals surface area contributed by atoms with E-state index in [9.17, 15) is 9.59 Å². The number of unbranched alkanes of at least 4 members (excludes halogenated alkanes) is 30. The monoisotopic (exact) mass is 791 g/mol. The summed E-state index contributed by atoms with van der Waals surface area (Å²) in [6.07, 6.45) is 46.9. The van der Waals surface area contributed by atoms with Crippen molar-refractivity contribution in [2.75, 3.05) is 13.2 Å². The molecule has 0 saturated carbocycles. The quantitative estimate of drug-likeness (QED) is 0.0455. The van der Waals surface area contributed by atoms with Crippen molar-refractivity contribution in [3.8, 4) is 0 Å². The summed E-state index contributed by atoms with van der Waals surface area (Å²) in [5.41, 5.74) is 0. The van der Waals surface area contributed by atoms with Crippen molar-refractivity contribution in [3.63, 3.8) is 0 Å². The first-order chi connectivity index (χ1) is 27.3. The zero-order valence-corrected chi connectivity index (χ0v) is 39.2. The molecule has 0 aliphatic heterocycles. The summed E-state index contributed by atoms with van der Waals surface area (Å²) in [4.78, 5) is 27.6. The fourth-order valence-corrected chi connectivity index (χ4v) is 8.31. The van der Waals surface area contributed by atoms with Gasteiger partial charge in [-0.2, -0.15) is 0 Å². The predicted octanol–water partition coefficient (Wildman–Crippen LogP) is 17.5. The molecule has 334 valence electrons. The van der Waals surface area contributed by atoms with Crippen LogP contribution < -0.4 is 0 Å². The van der Waals surface area contributed by atoms with E-state index in [1.54, 1.807) is 0 Å². The summed E-state index contributed by atoms with van der Waals surface area (Å²) in [6.45, 7) is 14.7. The second-order valence-corrected chi connectivity index (χ2v) is 18.8. The van der Waals surface area contributed by atoms with Gasteiger partial charge in [-0.3, -0.25) is 9.59 Å². The molecule has 0 saturated heterocycles. The van der Waals surface area contributed by atoms with Crippen molar-refractivity contribution in [1.82, 2.24) is 0 Å². The topological polar surface area (TPSA) is 52.6 Å². The molecule has 0 N–H and O–H groups in total. The van der Waals surface area contributed by atoms with E-state index in [0.29, 0.717) is 13.2 Å². The first-order valence-electron chi connectivity index (χ1n) is 25.7. The third-order valence-electron chi connectivity index (χ3n) is 12.2. The third kappa shape index (κ3) is 38.5. The summed E-state index contributed by atoms with van der Waals surface area (Å²) >= 11 is 0. The highest BCUT2D eigenvalue weighted by Crippen LogP contribution is 2.29. The molecule has 0 radical (unpaired) electrons. The summed E-state index contributed by atoms with van der Waals surface area (Å²) in [7, 11) is 0. The van der Waals surface area contributed by atoms with E-state index in [0.717, 1.165) is 76.0 Å². The highest BCUT2D eigenvalue weighted by atomic mass is 16.5. The van der Waals surface area contributed by atoms with Crippen LogP contribution in [-0.4, -0.2) is 25.2 Å². The molecule has 0 aliphatic rings. The molecule has 56 heavy (non-hydrogen) atoms. The minimum Gasteiger partial charge on any atom is -0.465 e. The zero-order valence-electron chi connectivity index (χ0n) is 39.2. The third-order valence-corrected chi connectivity index (χ3v) is 12.2. The van der Waals surface area contributed by atoms with Gasteiger partial charge in [0.05, 0.1) is 25.0 Å². The Balaban J connectivity index is 5.10. The number of rotatable bonds is 45. The lowest BCUT2D eigenvalue weighted by Gasteiger charge is -2.25. The molecule has 0 rings (SSSR count). The van der Waals surface area contributed by atoms with Gasteiger partial charge in [0.1, 0.15) is 0 Å². The van der Waals surface area contributed by atoms with Crippen LogP contribution in [0.15, 0.2) is 0 Å². The molecule has 0 aromatic heterocycles. The lowest BCUT2D eigenvalue weighted by molar-refractivity contribution is -0.161. The van der Waals surface area contributed by atoms with Gasteiger partial charge >= 0.3 is 11.9 Å². The highest BCUT2D eigenvalue weighted by Gasteiger charge is 2.35. The molecule has 0 bridgehead atoms. The standard InChI is InChI=1S/C52H102O4/c1-7-9-11-13-15-17-19-21-22-24-26-28-30-38-44-50(52(54)56-46-40-34-32-36-42-48(5)6)49(51(53)55-45-39-33-31-35-41-47(3)4)43-37-29-27-25-23-20-18-16-14-12-10-8-2/h47-50H,7-46H2,1-6H3. The van der Waals surface area contributed by atoms with E-state index in [1.165, 1.54) is 180 Å². The second kappa shape index (κ2) is 43.5. The molecule has 0 aromatic carbocycles. The number of hydrogen-bond donors (Lipinski definition) is 0. The Morgan fingerprint density at radius 3 is 0.768 bits per heavy atom. The van der Waals surface area contributed by atoms with Crippen LogP contribution in [-0.2, 0) is 19.1 Å². The van der Waals surface area contributed by atoms with E-state index in [-0.39, 0.29) is 23.8 Å². The van der Waals surface area contributed by atoms with Crippen LogP contribution in [0, 0.1) is 23.7 Å². The Bertz CT molecular complexity index is 807. The maximum Gasteiger partial charge on any atom is 0.309 e. The number of esters is 2. The minimum atomic E-state index is -0.375. The van der Waals surface area contributed by atoms with Crippen LogP contribution in [0.5, 0.6) is 0 Å². The molecule has 0 fully saturated rings. The maximum absolute atomic E-state index is 13.8. The molecule has 0 amide bonds. The summed E-state index contributed by atoms with van der Waals surface area (Å²) in [6, 6.07) is 0. The molecule has 0 aliphatic carbocycles. The maximum atomic E-state index is 13.8. The van der Waals surface area contributed by atoms with Crippen molar-refractivity contribution in [2.24, 2.45) is 23.7 Å². The van der Waals surface area contributed by atoms with Gasteiger partial charge in [-0.15, -0.1) is 0 Å². The molecule has 0 aromatic rings. The van der Waals surface area contributed by atoms with Gasteiger partial charge in [0.15, 0.2) is 0 Å². The van der Waals surface area contributed by atoms with Crippen molar-refractivity contribution >= 4 is 11.9 Å². The first kappa shape index (κ1) is 54.9. The molecule has 2 unspecified atom stereocenters. The number of ether oxygens (including phenoxy) is 2. The largest absolute Gasteiger partial charge is 0.465 e. The Kier molecular flexibility index (Phi) is 42.7. The van der Waals surface area contributed by atoms with Crippen molar-refractivity contribution in [1.29, 1.82) is 0 Å².